The number of aromatic nitrogens is 1. The van der Waals surface area contributed by atoms with Gasteiger partial charge in [-0.1, -0.05) is 6.07 Å². The number of hydrogen-bond donors (Lipinski definition) is 0. The third-order valence-corrected chi connectivity index (χ3v) is 4.67. The lowest BCUT2D eigenvalue weighted by molar-refractivity contribution is -0.143. The van der Waals surface area contributed by atoms with E-state index in [2.05, 4.69) is 4.98 Å². The molecule has 0 bridgehead atoms. The molecule has 5 nitrogen and oxygen atoms in total. The zero-order valence-corrected chi connectivity index (χ0v) is 15.1. The second-order valence-electron chi connectivity index (χ2n) is 6.24. The minimum Gasteiger partial charge on any atom is -0.497 e. The highest BCUT2D eigenvalue weighted by molar-refractivity contribution is 5.87. The van der Waals surface area contributed by atoms with Gasteiger partial charge in [0, 0.05) is 36.0 Å². The summed E-state index contributed by atoms with van der Waals surface area (Å²) in [5, 5.41) is 0. The van der Waals surface area contributed by atoms with Gasteiger partial charge in [0.05, 0.1) is 14.2 Å². The molecule has 2 unspecified atom stereocenters. The summed E-state index contributed by atoms with van der Waals surface area (Å²) in [5.41, 5.74) is 1.92. The molecule has 1 aliphatic carbocycles. The Morgan fingerprint density at radius 1 is 1.19 bits per heavy atom. The van der Waals surface area contributed by atoms with Crippen molar-refractivity contribution in [1.29, 1.82) is 0 Å². The molecule has 0 radical (unpaired) electrons. The van der Waals surface area contributed by atoms with Crippen LogP contribution in [0.15, 0.2) is 48.8 Å². The molecule has 5 heteroatoms. The van der Waals surface area contributed by atoms with E-state index in [-0.39, 0.29) is 18.0 Å². The van der Waals surface area contributed by atoms with Gasteiger partial charge >= 0.3 is 5.97 Å². The maximum absolute atomic E-state index is 12.3. The monoisotopic (exact) mass is 353 g/mol. The van der Waals surface area contributed by atoms with Gasteiger partial charge in [-0.25, -0.2) is 4.79 Å². The smallest absolute Gasteiger partial charge is 0.331 e. The van der Waals surface area contributed by atoms with Crippen LogP contribution in [0.5, 0.6) is 11.5 Å². The van der Waals surface area contributed by atoms with E-state index in [1.165, 1.54) is 6.08 Å². The van der Waals surface area contributed by atoms with Gasteiger partial charge in [0.2, 0.25) is 0 Å². The highest BCUT2D eigenvalue weighted by Gasteiger charge is 2.31. The Hall–Kier alpha value is -2.82. The molecule has 0 aliphatic heterocycles. The van der Waals surface area contributed by atoms with Crippen LogP contribution in [-0.2, 0) is 9.53 Å². The summed E-state index contributed by atoms with van der Waals surface area (Å²) in [6, 6.07) is 9.41. The fourth-order valence-electron chi connectivity index (χ4n) is 3.35. The highest BCUT2D eigenvalue weighted by Crippen LogP contribution is 2.36. The fraction of sp³-hybridized carbons (Fsp3) is 0.333. The molecule has 1 heterocycles. The van der Waals surface area contributed by atoms with E-state index < -0.39 is 0 Å². The minimum absolute atomic E-state index is 0.103. The number of carbonyl (C=O) groups is 1. The number of rotatable bonds is 6. The van der Waals surface area contributed by atoms with Crippen molar-refractivity contribution in [2.45, 2.75) is 31.3 Å². The van der Waals surface area contributed by atoms with Gasteiger partial charge < -0.3 is 14.2 Å². The largest absolute Gasteiger partial charge is 0.497 e. The van der Waals surface area contributed by atoms with Crippen molar-refractivity contribution in [3.63, 3.8) is 0 Å². The first-order chi connectivity index (χ1) is 12.7. The number of ether oxygens (including phenoxy) is 3. The number of benzene rings is 1. The first kappa shape index (κ1) is 18.0. The van der Waals surface area contributed by atoms with Crippen molar-refractivity contribution >= 4 is 12.0 Å². The first-order valence-corrected chi connectivity index (χ1v) is 8.72. The Bertz CT molecular complexity index is 773. The van der Waals surface area contributed by atoms with E-state index in [1.807, 2.05) is 30.5 Å². The van der Waals surface area contributed by atoms with Gasteiger partial charge in [-0.15, -0.1) is 0 Å². The predicted molar refractivity (Wildman–Crippen MR) is 99.3 cm³/mol. The SMILES string of the molecule is COc1ccc(/C=C/C(=O)OC2CCCC2c2cccnc2)c(OC)c1. The molecular weight excluding hydrogens is 330 g/mol. The standard InChI is InChI=1S/C21H23NO4/c1-24-17-10-8-15(20(13-17)25-2)9-11-21(23)26-19-7-3-6-18(19)16-5-4-12-22-14-16/h4-5,8-14,18-19H,3,6-7H2,1-2H3/b11-9+. The molecule has 1 saturated carbocycles. The van der Waals surface area contributed by atoms with Crippen LogP contribution in [0.2, 0.25) is 0 Å². The van der Waals surface area contributed by atoms with E-state index in [9.17, 15) is 4.79 Å². The summed E-state index contributed by atoms with van der Waals surface area (Å²) >= 11 is 0. The molecule has 0 N–H and O–H groups in total. The number of pyridine rings is 1. The van der Waals surface area contributed by atoms with Gasteiger partial charge in [-0.3, -0.25) is 4.98 Å². The highest BCUT2D eigenvalue weighted by atomic mass is 16.5. The van der Waals surface area contributed by atoms with Crippen LogP contribution in [0.25, 0.3) is 6.08 Å². The summed E-state index contributed by atoms with van der Waals surface area (Å²) in [4.78, 5) is 16.5. The summed E-state index contributed by atoms with van der Waals surface area (Å²) < 4.78 is 16.2. The summed E-state index contributed by atoms with van der Waals surface area (Å²) in [5.74, 6) is 1.22. The van der Waals surface area contributed by atoms with Crippen LogP contribution in [0.4, 0.5) is 0 Å². The lowest BCUT2D eigenvalue weighted by atomic mass is 9.97. The molecule has 1 aliphatic rings. The van der Waals surface area contributed by atoms with Crippen molar-refractivity contribution in [3.8, 4) is 11.5 Å². The molecule has 0 spiro atoms. The van der Waals surface area contributed by atoms with E-state index in [1.54, 1.807) is 32.6 Å². The topological polar surface area (TPSA) is 57.7 Å². The maximum Gasteiger partial charge on any atom is 0.331 e. The van der Waals surface area contributed by atoms with Gasteiger partial charge in [0.1, 0.15) is 17.6 Å². The fourth-order valence-corrected chi connectivity index (χ4v) is 3.35. The molecule has 26 heavy (non-hydrogen) atoms. The van der Waals surface area contributed by atoms with Gasteiger partial charge in [-0.2, -0.15) is 0 Å². The molecule has 1 aromatic heterocycles. The molecule has 136 valence electrons. The Morgan fingerprint density at radius 2 is 2.08 bits per heavy atom. The van der Waals surface area contributed by atoms with Crippen molar-refractivity contribution in [1.82, 2.24) is 4.98 Å². The Balaban J connectivity index is 1.66. The second-order valence-corrected chi connectivity index (χ2v) is 6.24. The van der Waals surface area contributed by atoms with Crippen molar-refractivity contribution < 1.29 is 19.0 Å². The van der Waals surface area contributed by atoms with Crippen LogP contribution in [0.1, 0.15) is 36.3 Å². The molecule has 0 amide bonds. The third kappa shape index (κ3) is 4.23. The zero-order valence-electron chi connectivity index (χ0n) is 15.1. The van der Waals surface area contributed by atoms with E-state index in [0.29, 0.717) is 11.5 Å². The molecule has 3 rings (SSSR count). The van der Waals surface area contributed by atoms with Crippen molar-refractivity contribution in [2.24, 2.45) is 0 Å². The number of esters is 1. The molecule has 1 aromatic carbocycles. The second kappa shape index (κ2) is 8.52. The van der Waals surface area contributed by atoms with Gasteiger partial charge in [-0.05, 0) is 49.1 Å². The van der Waals surface area contributed by atoms with Crippen molar-refractivity contribution in [2.75, 3.05) is 14.2 Å². The number of carbonyl (C=O) groups excluding carboxylic acids is 1. The molecule has 2 atom stereocenters. The van der Waals surface area contributed by atoms with Crippen LogP contribution in [0.3, 0.4) is 0 Å². The summed E-state index contributed by atoms with van der Waals surface area (Å²) in [7, 11) is 3.18. The predicted octanol–water partition coefficient (Wildman–Crippen LogP) is 3.99. The lowest BCUT2D eigenvalue weighted by Gasteiger charge is -2.19. The van der Waals surface area contributed by atoms with Crippen LogP contribution in [-0.4, -0.2) is 31.3 Å². The number of nitrogens with zero attached hydrogens (tertiary/aromatic N) is 1. The van der Waals surface area contributed by atoms with E-state index in [0.717, 1.165) is 30.4 Å². The van der Waals surface area contributed by atoms with Crippen LogP contribution in [0, 0.1) is 0 Å². The lowest BCUT2D eigenvalue weighted by Crippen LogP contribution is -2.20. The average Bonchev–Trinajstić information content (AvgIpc) is 3.14. The minimum atomic E-state index is -0.344. The van der Waals surface area contributed by atoms with Crippen molar-refractivity contribution in [3.05, 3.63) is 59.9 Å². The maximum atomic E-state index is 12.3. The molecule has 2 aromatic rings. The Labute approximate surface area is 153 Å². The average molecular weight is 353 g/mol. The van der Waals surface area contributed by atoms with Gasteiger partial charge in [0.25, 0.3) is 0 Å². The Morgan fingerprint density at radius 3 is 2.81 bits per heavy atom. The quantitative estimate of drug-likeness (QED) is 0.580. The van der Waals surface area contributed by atoms with Crippen LogP contribution >= 0.6 is 0 Å². The van der Waals surface area contributed by atoms with Gasteiger partial charge in [0.15, 0.2) is 0 Å². The zero-order chi connectivity index (χ0) is 18.4. The van der Waals surface area contributed by atoms with E-state index in [4.69, 9.17) is 14.2 Å². The van der Waals surface area contributed by atoms with E-state index >= 15 is 0 Å². The normalized spacial score (nSPS) is 19.5. The molecular formula is C21H23NO4. The summed E-state index contributed by atoms with van der Waals surface area (Å²) in [6.45, 7) is 0. The molecule has 1 fully saturated rings. The van der Waals surface area contributed by atoms with Crippen LogP contribution < -0.4 is 9.47 Å². The molecule has 0 saturated heterocycles. The number of methoxy groups -OCH3 is 2. The summed E-state index contributed by atoms with van der Waals surface area (Å²) in [6.07, 6.45) is 9.60. The number of hydrogen-bond acceptors (Lipinski definition) is 5. The third-order valence-electron chi connectivity index (χ3n) is 4.67. The Kier molecular flexibility index (Phi) is 5.89. The first-order valence-electron chi connectivity index (χ1n) is 8.72.